The second-order valence-corrected chi connectivity index (χ2v) is 11.7. The minimum absolute atomic E-state index is 0.0499. The van der Waals surface area contributed by atoms with Crippen LogP contribution in [0.4, 0.5) is 11.8 Å². The third-order valence-corrected chi connectivity index (χ3v) is 8.42. The van der Waals surface area contributed by atoms with Gasteiger partial charge < -0.3 is 31.1 Å². The zero-order chi connectivity index (χ0) is 31.1. The molecule has 1 saturated carbocycles. The van der Waals surface area contributed by atoms with Gasteiger partial charge in [-0.2, -0.15) is 10.1 Å². The maximum absolute atomic E-state index is 12.9. The summed E-state index contributed by atoms with van der Waals surface area (Å²) >= 11 is 0. The Morgan fingerprint density at radius 3 is 2.49 bits per heavy atom. The number of para-hydroxylation sites is 1. The Hall–Kier alpha value is -4.16. The highest BCUT2D eigenvalue weighted by Crippen LogP contribution is 2.26. The average molecular weight is 614 g/mol. The number of piperazine rings is 1. The average Bonchev–Trinajstić information content (AvgIpc) is 3.10. The molecule has 1 aromatic carbocycles. The summed E-state index contributed by atoms with van der Waals surface area (Å²) in [5.74, 6) is 1.26. The van der Waals surface area contributed by atoms with Crippen LogP contribution in [0.5, 0.6) is 0 Å². The number of carbonyl (C=O) groups is 1. The molecule has 0 unspecified atom stereocenters. The molecule has 3 aromatic rings. The molecule has 1 amide bonds. The zero-order valence-corrected chi connectivity index (χ0v) is 26.2. The molecule has 1 aliphatic heterocycles. The Kier molecular flexibility index (Phi) is 12.4. The summed E-state index contributed by atoms with van der Waals surface area (Å²) in [5, 5.41) is 18.4. The van der Waals surface area contributed by atoms with Crippen LogP contribution in [0.15, 0.2) is 65.7 Å². The van der Waals surface area contributed by atoms with Gasteiger partial charge in [0.1, 0.15) is 11.5 Å². The Morgan fingerprint density at radius 1 is 0.933 bits per heavy atom. The van der Waals surface area contributed by atoms with Crippen LogP contribution >= 0.6 is 0 Å². The van der Waals surface area contributed by atoms with Crippen molar-refractivity contribution in [1.82, 2.24) is 35.8 Å². The van der Waals surface area contributed by atoms with E-state index in [1.54, 1.807) is 18.5 Å². The van der Waals surface area contributed by atoms with E-state index >= 15 is 0 Å². The molecule has 5 rings (SSSR count). The molecule has 12 nitrogen and oxygen atoms in total. The molecule has 45 heavy (non-hydrogen) atoms. The SMILES string of the molecule is N=N/C(=C\NCCCNCCCNC1CCCCC1)CNc1nc(N2CCN(C(=O)c3ccccn3)CC2)c2ccccc2n1. The fourth-order valence-electron chi connectivity index (χ4n) is 5.90. The summed E-state index contributed by atoms with van der Waals surface area (Å²) in [5.41, 5.74) is 9.50. The number of benzene rings is 1. The topological polar surface area (TPSA) is 147 Å². The van der Waals surface area contributed by atoms with Crippen molar-refractivity contribution in [3.8, 4) is 0 Å². The van der Waals surface area contributed by atoms with E-state index in [-0.39, 0.29) is 5.91 Å². The van der Waals surface area contributed by atoms with E-state index in [1.807, 2.05) is 41.3 Å². The molecule has 2 aliphatic rings. The molecular weight excluding hydrogens is 566 g/mol. The number of amides is 1. The maximum Gasteiger partial charge on any atom is 0.272 e. The lowest BCUT2D eigenvalue weighted by Crippen LogP contribution is -2.49. The van der Waals surface area contributed by atoms with E-state index in [1.165, 1.54) is 32.1 Å². The molecule has 12 heteroatoms. The second kappa shape index (κ2) is 17.4. The van der Waals surface area contributed by atoms with Crippen LogP contribution in [-0.4, -0.2) is 90.7 Å². The van der Waals surface area contributed by atoms with E-state index in [4.69, 9.17) is 15.5 Å². The predicted octanol–water partition coefficient (Wildman–Crippen LogP) is 4.15. The Labute approximate surface area is 266 Å². The van der Waals surface area contributed by atoms with Gasteiger partial charge in [0, 0.05) is 56.5 Å². The van der Waals surface area contributed by atoms with Gasteiger partial charge in [0.05, 0.1) is 17.8 Å². The molecule has 3 heterocycles. The van der Waals surface area contributed by atoms with E-state index in [2.05, 4.69) is 36.3 Å². The van der Waals surface area contributed by atoms with Gasteiger partial charge in [-0.15, -0.1) is 0 Å². The summed E-state index contributed by atoms with van der Waals surface area (Å²) in [7, 11) is 0. The molecule has 0 spiro atoms. The third kappa shape index (κ3) is 9.66. The minimum atomic E-state index is -0.0499. The molecular formula is C33H47N11O. The van der Waals surface area contributed by atoms with Crippen LogP contribution in [0.2, 0.25) is 0 Å². The van der Waals surface area contributed by atoms with Crippen molar-refractivity contribution < 1.29 is 4.79 Å². The monoisotopic (exact) mass is 613 g/mol. The number of aromatic nitrogens is 3. The van der Waals surface area contributed by atoms with Crippen molar-refractivity contribution >= 4 is 28.6 Å². The number of fused-ring (bicyclic) bond motifs is 1. The van der Waals surface area contributed by atoms with E-state index in [9.17, 15) is 4.79 Å². The number of nitrogens with one attached hydrogen (secondary N) is 5. The van der Waals surface area contributed by atoms with Gasteiger partial charge in [0.2, 0.25) is 5.95 Å². The summed E-state index contributed by atoms with van der Waals surface area (Å²) < 4.78 is 0. The molecule has 1 saturated heterocycles. The molecule has 2 aromatic heterocycles. The standard InChI is InChI=1S/C33H47N11O/c34-42-27(24-36-17-8-15-35-16-9-19-37-26-10-2-1-3-11-26)25-39-33-40-29-13-5-4-12-28(29)31(41-33)43-20-22-44(23-21-43)32(45)30-14-6-7-18-38-30/h4-7,12-14,18,24,26,34-37H,1-3,8-11,15-17,19-23,25H2,(H,39,40,41)/b27-24-,42-34?. The van der Waals surface area contributed by atoms with Gasteiger partial charge in [-0.05, 0) is 69.6 Å². The predicted molar refractivity (Wildman–Crippen MR) is 179 cm³/mol. The van der Waals surface area contributed by atoms with Crippen LogP contribution in [-0.2, 0) is 0 Å². The highest BCUT2D eigenvalue weighted by Gasteiger charge is 2.25. The molecule has 0 radical (unpaired) electrons. The van der Waals surface area contributed by atoms with Gasteiger partial charge in [0.25, 0.3) is 5.91 Å². The lowest BCUT2D eigenvalue weighted by molar-refractivity contribution is 0.0740. The molecule has 240 valence electrons. The van der Waals surface area contributed by atoms with Crippen LogP contribution in [0.1, 0.15) is 55.4 Å². The van der Waals surface area contributed by atoms with E-state index in [0.717, 1.165) is 61.8 Å². The van der Waals surface area contributed by atoms with Crippen LogP contribution in [0, 0.1) is 5.53 Å². The summed E-state index contributed by atoms with van der Waals surface area (Å²) in [4.78, 5) is 30.7. The fraction of sp³-hybridized carbons (Fsp3) is 0.515. The quantitative estimate of drug-likeness (QED) is 0.119. The van der Waals surface area contributed by atoms with E-state index < -0.39 is 0 Å². The third-order valence-electron chi connectivity index (χ3n) is 8.42. The number of hydrogen-bond acceptors (Lipinski definition) is 11. The Balaban J connectivity index is 1.06. The van der Waals surface area contributed by atoms with Crippen molar-refractivity contribution in [3.63, 3.8) is 0 Å². The first kappa shape index (κ1) is 32.2. The molecule has 1 aliphatic carbocycles. The molecule has 0 atom stereocenters. The summed E-state index contributed by atoms with van der Waals surface area (Å²) in [6.07, 6.45) is 12.4. The first-order chi connectivity index (χ1) is 22.2. The number of carbonyl (C=O) groups excluding carboxylic acids is 1. The molecule has 2 fully saturated rings. The summed E-state index contributed by atoms with van der Waals surface area (Å²) in [6.45, 7) is 6.68. The minimum Gasteiger partial charge on any atom is -0.389 e. The Bertz CT molecular complexity index is 1390. The fourth-order valence-corrected chi connectivity index (χ4v) is 5.90. The lowest BCUT2D eigenvalue weighted by Gasteiger charge is -2.35. The number of anilines is 2. The van der Waals surface area contributed by atoms with Crippen LogP contribution in [0.25, 0.3) is 10.9 Å². The van der Waals surface area contributed by atoms with Crippen molar-refractivity contribution in [2.45, 2.75) is 51.0 Å². The van der Waals surface area contributed by atoms with Gasteiger partial charge in [-0.25, -0.2) is 10.5 Å². The maximum atomic E-state index is 12.9. The largest absolute Gasteiger partial charge is 0.389 e. The van der Waals surface area contributed by atoms with Crippen LogP contribution in [0.3, 0.4) is 0 Å². The van der Waals surface area contributed by atoms with Gasteiger partial charge in [-0.3, -0.25) is 9.78 Å². The molecule has 5 N–H and O–H groups in total. The van der Waals surface area contributed by atoms with Crippen molar-refractivity contribution in [1.29, 1.82) is 5.53 Å². The normalized spacial score (nSPS) is 16.1. The second-order valence-electron chi connectivity index (χ2n) is 11.7. The first-order valence-corrected chi connectivity index (χ1v) is 16.4. The number of rotatable bonds is 16. The highest BCUT2D eigenvalue weighted by molar-refractivity contribution is 5.93. The summed E-state index contributed by atoms with van der Waals surface area (Å²) in [6, 6.07) is 14.1. The van der Waals surface area contributed by atoms with Crippen molar-refractivity contribution in [2.24, 2.45) is 5.11 Å². The van der Waals surface area contributed by atoms with Gasteiger partial charge in [-0.1, -0.05) is 37.5 Å². The van der Waals surface area contributed by atoms with E-state index in [0.29, 0.717) is 50.1 Å². The van der Waals surface area contributed by atoms with Gasteiger partial charge in [0.15, 0.2) is 0 Å². The van der Waals surface area contributed by atoms with Gasteiger partial charge >= 0.3 is 0 Å². The smallest absolute Gasteiger partial charge is 0.272 e. The lowest BCUT2D eigenvalue weighted by atomic mass is 9.95. The Morgan fingerprint density at radius 2 is 1.71 bits per heavy atom. The first-order valence-electron chi connectivity index (χ1n) is 16.4. The molecule has 0 bridgehead atoms. The zero-order valence-electron chi connectivity index (χ0n) is 26.2. The highest BCUT2D eigenvalue weighted by atomic mass is 16.2. The number of pyridine rings is 1. The van der Waals surface area contributed by atoms with Crippen molar-refractivity contribution in [3.05, 3.63) is 66.3 Å². The van der Waals surface area contributed by atoms with Crippen molar-refractivity contribution in [2.75, 3.05) is 69.1 Å². The van der Waals surface area contributed by atoms with Crippen LogP contribution < -0.4 is 26.2 Å². The number of hydrogen-bond donors (Lipinski definition) is 5. The number of nitrogens with zero attached hydrogens (tertiary/aromatic N) is 6.